The summed E-state index contributed by atoms with van der Waals surface area (Å²) in [6.07, 6.45) is 4.23. The van der Waals surface area contributed by atoms with Gasteiger partial charge in [0.25, 0.3) is 11.8 Å². The number of ether oxygens (including phenoxy) is 1. The summed E-state index contributed by atoms with van der Waals surface area (Å²) in [7, 11) is 1.63. The molecule has 1 aromatic heterocycles. The van der Waals surface area contributed by atoms with Gasteiger partial charge >= 0.3 is 0 Å². The first-order valence-electron chi connectivity index (χ1n) is 8.34. The molecule has 0 aliphatic heterocycles. The maximum Gasteiger partial charge on any atom is 0.270 e. The molecule has 0 unspecified atom stereocenters. The first kappa shape index (κ1) is 17.0. The van der Waals surface area contributed by atoms with Crippen LogP contribution in [0.25, 0.3) is 0 Å². The van der Waals surface area contributed by atoms with Crippen molar-refractivity contribution in [2.75, 3.05) is 13.7 Å². The molecule has 1 aromatic carbocycles. The van der Waals surface area contributed by atoms with E-state index in [-0.39, 0.29) is 23.6 Å². The van der Waals surface area contributed by atoms with Crippen LogP contribution in [0.2, 0.25) is 0 Å². The van der Waals surface area contributed by atoms with E-state index in [9.17, 15) is 9.59 Å². The van der Waals surface area contributed by atoms with Gasteiger partial charge < -0.3 is 15.4 Å². The molecule has 6 heteroatoms. The topological polar surface area (TPSA) is 80.3 Å². The average molecular weight is 339 g/mol. The fraction of sp³-hybridized carbons (Fsp3) is 0.316. The Kier molecular flexibility index (Phi) is 5.28. The van der Waals surface area contributed by atoms with Gasteiger partial charge in [0.05, 0.1) is 7.11 Å². The molecular weight excluding hydrogens is 318 g/mol. The molecule has 3 rings (SSSR count). The van der Waals surface area contributed by atoms with Crippen LogP contribution in [0, 0.1) is 0 Å². The molecule has 1 aliphatic rings. The van der Waals surface area contributed by atoms with Gasteiger partial charge in [0.15, 0.2) is 0 Å². The molecule has 0 bridgehead atoms. The summed E-state index contributed by atoms with van der Waals surface area (Å²) < 4.78 is 5.12. The van der Waals surface area contributed by atoms with Crippen molar-refractivity contribution < 1.29 is 14.3 Å². The smallest absolute Gasteiger partial charge is 0.270 e. The van der Waals surface area contributed by atoms with E-state index in [1.165, 1.54) is 12.3 Å². The minimum absolute atomic E-state index is 0.212. The van der Waals surface area contributed by atoms with Crippen LogP contribution in [0.3, 0.4) is 0 Å². The number of hydrogen-bond donors (Lipinski definition) is 2. The molecule has 0 radical (unpaired) electrons. The highest BCUT2D eigenvalue weighted by molar-refractivity contribution is 5.98. The quantitative estimate of drug-likeness (QED) is 0.808. The van der Waals surface area contributed by atoms with E-state index < -0.39 is 0 Å². The monoisotopic (exact) mass is 339 g/mol. The van der Waals surface area contributed by atoms with Crippen LogP contribution in [0.15, 0.2) is 42.6 Å². The number of benzene rings is 1. The number of aromatic nitrogens is 1. The number of amides is 2. The molecule has 0 atom stereocenters. The van der Waals surface area contributed by atoms with E-state index in [1.54, 1.807) is 13.2 Å². The van der Waals surface area contributed by atoms with Gasteiger partial charge in [-0.1, -0.05) is 12.1 Å². The van der Waals surface area contributed by atoms with Crippen molar-refractivity contribution in [3.63, 3.8) is 0 Å². The zero-order chi connectivity index (χ0) is 17.6. The van der Waals surface area contributed by atoms with Gasteiger partial charge in [0, 0.05) is 24.3 Å². The first-order chi connectivity index (χ1) is 12.2. The Bertz CT molecular complexity index is 755. The Hall–Kier alpha value is -2.89. The Morgan fingerprint density at radius 1 is 1.16 bits per heavy atom. The standard InChI is InChI=1S/C19H21N3O3/c1-25-16-6-2-13(3-7-16)8-10-21-18(23)14-9-11-20-17(12-14)19(24)22-15-4-5-15/h2-3,6-7,9,11-12,15H,4-5,8,10H2,1H3,(H,21,23)(H,22,24). The molecule has 0 spiro atoms. The zero-order valence-electron chi connectivity index (χ0n) is 14.1. The summed E-state index contributed by atoms with van der Waals surface area (Å²) in [5, 5.41) is 5.73. The summed E-state index contributed by atoms with van der Waals surface area (Å²) in [6.45, 7) is 0.511. The Morgan fingerprint density at radius 3 is 2.60 bits per heavy atom. The summed E-state index contributed by atoms with van der Waals surface area (Å²) in [5.41, 5.74) is 1.82. The molecule has 130 valence electrons. The van der Waals surface area contributed by atoms with Crippen LogP contribution >= 0.6 is 0 Å². The van der Waals surface area contributed by atoms with Gasteiger partial charge in [0.1, 0.15) is 11.4 Å². The Balaban J connectivity index is 1.52. The lowest BCUT2D eigenvalue weighted by Gasteiger charge is -2.07. The fourth-order valence-corrected chi connectivity index (χ4v) is 2.40. The number of methoxy groups -OCH3 is 1. The minimum Gasteiger partial charge on any atom is -0.497 e. The Labute approximate surface area is 146 Å². The second kappa shape index (κ2) is 7.79. The van der Waals surface area contributed by atoms with Crippen LogP contribution in [0.5, 0.6) is 5.75 Å². The number of hydrogen-bond acceptors (Lipinski definition) is 4. The van der Waals surface area contributed by atoms with Crippen LogP contribution in [-0.4, -0.2) is 36.5 Å². The number of pyridine rings is 1. The second-order valence-electron chi connectivity index (χ2n) is 6.03. The lowest BCUT2D eigenvalue weighted by atomic mass is 10.1. The van der Waals surface area contributed by atoms with E-state index in [0.717, 1.165) is 30.6 Å². The number of carbonyl (C=O) groups is 2. The van der Waals surface area contributed by atoms with Crippen LogP contribution < -0.4 is 15.4 Å². The molecule has 2 aromatic rings. The fourth-order valence-electron chi connectivity index (χ4n) is 2.40. The number of nitrogens with one attached hydrogen (secondary N) is 2. The molecule has 25 heavy (non-hydrogen) atoms. The van der Waals surface area contributed by atoms with Crippen molar-refractivity contribution >= 4 is 11.8 Å². The van der Waals surface area contributed by atoms with E-state index in [0.29, 0.717) is 12.1 Å². The second-order valence-corrected chi connectivity index (χ2v) is 6.03. The molecule has 1 saturated carbocycles. The van der Waals surface area contributed by atoms with Gasteiger partial charge in [-0.05, 0) is 49.1 Å². The highest BCUT2D eigenvalue weighted by Gasteiger charge is 2.24. The van der Waals surface area contributed by atoms with Crippen LogP contribution in [0.4, 0.5) is 0 Å². The molecule has 6 nitrogen and oxygen atoms in total. The van der Waals surface area contributed by atoms with Crippen molar-refractivity contribution in [3.05, 3.63) is 59.4 Å². The number of carbonyl (C=O) groups excluding carboxylic acids is 2. The van der Waals surface area contributed by atoms with Gasteiger partial charge in [-0.3, -0.25) is 14.6 Å². The van der Waals surface area contributed by atoms with Crippen molar-refractivity contribution in [1.82, 2.24) is 15.6 Å². The molecule has 1 heterocycles. The van der Waals surface area contributed by atoms with Crippen molar-refractivity contribution in [2.24, 2.45) is 0 Å². The maximum absolute atomic E-state index is 12.3. The predicted octanol–water partition coefficient (Wildman–Crippen LogP) is 1.95. The summed E-state index contributed by atoms with van der Waals surface area (Å²) in [4.78, 5) is 28.3. The summed E-state index contributed by atoms with van der Waals surface area (Å²) in [6, 6.07) is 11.1. The zero-order valence-corrected chi connectivity index (χ0v) is 14.1. The molecule has 2 amide bonds. The average Bonchev–Trinajstić information content (AvgIpc) is 3.46. The highest BCUT2D eigenvalue weighted by Crippen LogP contribution is 2.19. The summed E-state index contributed by atoms with van der Waals surface area (Å²) >= 11 is 0. The molecule has 1 aliphatic carbocycles. The predicted molar refractivity (Wildman–Crippen MR) is 93.8 cm³/mol. The van der Waals surface area contributed by atoms with Gasteiger partial charge in [-0.2, -0.15) is 0 Å². The minimum atomic E-state index is -0.226. The maximum atomic E-state index is 12.3. The molecular formula is C19H21N3O3. The number of nitrogens with zero attached hydrogens (tertiary/aromatic N) is 1. The molecule has 0 saturated heterocycles. The molecule has 1 fully saturated rings. The van der Waals surface area contributed by atoms with E-state index in [2.05, 4.69) is 15.6 Å². The summed E-state index contributed by atoms with van der Waals surface area (Å²) in [5.74, 6) is 0.369. The van der Waals surface area contributed by atoms with Gasteiger partial charge in [-0.25, -0.2) is 0 Å². The van der Waals surface area contributed by atoms with Crippen LogP contribution in [0.1, 0.15) is 39.3 Å². The van der Waals surface area contributed by atoms with Gasteiger partial charge in [-0.15, -0.1) is 0 Å². The first-order valence-corrected chi connectivity index (χ1v) is 8.34. The van der Waals surface area contributed by atoms with E-state index in [1.807, 2.05) is 24.3 Å². The number of rotatable bonds is 7. The van der Waals surface area contributed by atoms with Crippen molar-refractivity contribution in [1.29, 1.82) is 0 Å². The normalized spacial score (nSPS) is 13.2. The largest absolute Gasteiger partial charge is 0.497 e. The third kappa shape index (κ3) is 4.79. The lowest BCUT2D eigenvalue weighted by Crippen LogP contribution is -2.28. The van der Waals surface area contributed by atoms with E-state index in [4.69, 9.17) is 4.74 Å². The van der Waals surface area contributed by atoms with Crippen molar-refractivity contribution in [3.8, 4) is 5.75 Å². The van der Waals surface area contributed by atoms with Gasteiger partial charge in [0.2, 0.25) is 0 Å². The van der Waals surface area contributed by atoms with Crippen molar-refractivity contribution in [2.45, 2.75) is 25.3 Å². The van der Waals surface area contributed by atoms with E-state index >= 15 is 0 Å². The third-order valence-electron chi connectivity index (χ3n) is 4.03. The lowest BCUT2D eigenvalue weighted by molar-refractivity contribution is 0.0946. The highest BCUT2D eigenvalue weighted by atomic mass is 16.5. The Morgan fingerprint density at radius 2 is 1.92 bits per heavy atom. The third-order valence-corrected chi connectivity index (χ3v) is 4.03. The molecule has 2 N–H and O–H groups in total. The van der Waals surface area contributed by atoms with Crippen LogP contribution in [-0.2, 0) is 6.42 Å². The SMILES string of the molecule is COc1ccc(CCNC(=O)c2ccnc(C(=O)NC3CC3)c2)cc1.